The first-order valence-electron chi connectivity index (χ1n) is 4.49. The Morgan fingerprint density at radius 1 is 1.56 bits per heavy atom. The maximum absolute atomic E-state index is 11.4. The van der Waals surface area contributed by atoms with E-state index in [1.807, 2.05) is 0 Å². The number of nitrogens with zero attached hydrogens (tertiary/aromatic N) is 2. The van der Waals surface area contributed by atoms with Gasteiger partial charge in [-0.05, 0) is 6.92 Å². The Kier molecular flexibility index (Phi) is 3.89. The van der Waals surface area contributed by atoms with Crippen molar-refractivity contribution in [2.24, 2.45) is 7.05 Å². The fraction of sp³-hybridized carbons (Fsp3) is 0.444. The third-order valence-corrected chi connectivity index (χ3v) is 2.34. The predicted octanol–water partition coefficient (Wildman–Crippen LogP) is 0.692. The average molecular weight is 246 g/mol. The van der Waals surface area contributed by atoms with E-state index in [4.69, 9.17) is 11.6 Å². The lowest BCUT2D eigenvalue weighted by atomic mass is 10.3. The van der Waals surface area contributed by atoms with Gasteiger partial charge in [0.2, 0.25) is 5.91 Å². The van der Waals surface area contributed by atoms with Crippen LogP contribution in [0.25, 0.3) is 0 Å². The molecule has 0 saturated heterocycles. The van der Waals surface area contributed by atoms with Crippen LogP contribution in [0.3, 0.4) is 0 Å². The minimum absolute atomic E-state index is 0.0703. The molecule has 1 amide bonds. The number of ether oxygens (including phenoxy) is 1. The molecule has 0 aliphatic carbocycles. The average Bonchev–Trinajstić information content (AvgIpc) is 2.56. The highest BCUT2D eigenvalue weighted by atomic mass is 35.5. The van der Waals surface area contributed by atoms with Gasteiger partial charge in [-0.2, -0.15) is 5.10 Å². The number of halogens is 1. The molecule has 0 aromatic carbocycles. The number of nitrogens with one attached hydrogen (secondary N) is 1. The van der Waals surface area contributed by atoms with Crippen LogP contribution in [-0.4, -0.2) is 34.6 Å². The highest BCUT2D eigenvalue weighted by molar-refractivity contribution is 6.29. The summed E-state index contributed by atoms with van der Waals surface area (Å²) in [6.07, 6.45) is 0. The number of aromatic nitrogens is 2. The van der Waals surface area contributed by atoms with Gasteiger partial charge in [-0.1, -0.05) is 0 Å². The van der Waals surface area contributed by atoms with Gasteiger partial charge < -0.3 is 10.1 Å². The van der Waals surface area contributed by atoms with E-state index < -0.39 is 11.9 Å². The summed E-state index contributed by atoms with van der Waals surface area (Å²) in [6.45, 7) is 1.73. The first-order valence-corrected chi connectivity index (χ1v) is 5.02. The molecule has 0 aliphatic rings. The SMILES string of the molecule is COC(=O)c1nn(C)c(C)c1NC(=O)CCl. The Bertz CT molecular complexity index is 428. The fourth-order valence-corrected chi connectivity index (χ4v) is 1.24. The zero-order valence-electron chi connectivity index (χ0n) is 9.20. The van der Waals surface area contributed by atoms with Crippen molar-refractivity contribution in [1.29, 1.82) is 0 Å². The van der Waals surface area contributed by atoms with Crippen molar-refractivity contribution in [2.75, 3.05) is 18.3 Å². The standard InChI is InChI=1S/C9H12ClN3O3/c1-5-7(11-6(14)4-10)8(9(15)16-3)12-13(5)2/h4H2,1-3H3,(H,11,14). The molecule has 1 rings (SSSR count). The topological polar surface area (TPSA) is 73.2 Å². The smallest absolute Gasteiger partial charge is 0.360 e. The Morgan fingerprint density at radius 2 is 2.19 bits per heavy atom. The Hall–Kier alpha value is -1.56. The minimum Gasteiger partial charge on any atom is -0.464 e. The number of amides is 1. The van der Waals surface area contributed by atoms with Gasteiger partial charge in [0.1, 0.15) is 5.88 Å². The van der Waals surface area contributed by atoms with E-state index in [9.17, 15) is 9.59 Å². The van der Waals surface area contributed by atoms with E-state index in [-0.39, 0.29) is 11.6 Å². The van der Waals surface area contributed by atoms with Crippen molar-refractivity contribution in [3.63, 3.8) is 0 Å². The lowest BCUT2D eigenvalue weighted by Gasteiger charge is -2.03. The fourth-order valence-electron chi connectivity index (χ4n) is 1.17. The quantitative estimate of drug-likeness (QED) is 0.628. The van der Waals surface area contributed by atoms with Gasteiger partial charge in [-0.25, -0.2) is 4.79 Å². The number of hydrogen-bond donors (Lipinski definition) is 1. The van der Waals surface area contributed by atoms with Crippen LogP contribution in [0.5, 0.6) is 0 Å². The number of anilines is 1. The zero-order valence-corrected chi connectivity index (χ0v) is 9.96. The lowest BCUT2D eigenvalue weighted by molar-refractivity contribution is -0.113. The first-order chi connectivity index (χ1) is 7.51. The van der Waals surface area contributed by atoms with Crippen LogP contribution in [0.15, 0.2) is 0 Å². The van der Waals surface area contributed by atoms with Gasteiger partial charge in [0, 0.05) is 7.05 Å². The number of hydrogen-bond acceptors (Lipinski definition) is 4. The van der Waals surface area contributed by atoms with Crippen LogP contribution in [0.1, 0.15) is 16.2 Å². The van der Waals surface area contributed by atoms with Gasteiger partial charge in [-0.3, -0.25) is 9.48 Å². The van der Waals surface area contributed by atoms with Crippen LogP contribution in [0.2, 0.25) is 0 Å². The third kappa shape index (κ3) is 2.33. The summed E-state index contributed by atoms with van der Waals surface area (Å²) in [7, 11) is 2.91. The maximum atomic E-state index is 11.4. The van der Waals surface area contributed by atoms with Gasteiger partial charge in [0.15, 0.2) is 5.69 Å². The molecule has 1 N–H and O–H groups in total. The van der Waals surface area contributed by atoms with Crippen molar-refractivity contribution >= 4 is 29.2 Å². The highest BCUT2D eigenvalue weighted by Gasteiger charge is 2.21. The minimum atomic E-state index is -0.603. The molecular formula is C9H12ClN3O3. The van der Waals surface area contributed by atoms with E-state index in [1.54, 1.807) is 14.0 Å². The predicted molar refractivity (Wildman–Crippen MR) is 58.6 cm³/mol. The molecule has 0 fully saturated rings. The van der Waals surface area contributed by atoms with E-state index in [1.165, 1.54) is 11.8 Å². The molecule has 1 aromatic rings. The Balaban J connectivity index is 3.13. The summed E-state index contributed by atoms with van der Waals surface area (Å²) < 4.78 is 6.04. The zero-order chi connectivity index (χ0) is 12.3. The van der Waals surface area contributed by atoms with Crippen molar-refractivity contribution < 1.29 is 14.3 Å². The second-order valence-corrected chi connectivity index (χ2v) is 3.37. The molecule has 0 unspecified atom stereocenters. The summed E-state index contributed by atoms with van der Waals surface area (Å²) in [5.74, 6) is -1.19. The van der Waals surface area contributed by atoms with Crippen LogP contribution in [0.4, 0.5) is 5.69 Å². The summed E-state index contributed by atoms with van der Waals surface area (Å²) in [4.78, 5) is 22.6. The molecule has 0 bridgehead atoms. The number of methoxy groups -OCH3 is 1. The molecule has 0 radical (unpaired) electrons. The van der Waals surface area contributed by atoms with Crippen molar-refractivity contribution in [2.45, 2.75) is 6.92 Å². The van der Waals surface area contributed by atoms with E-state index >= 15 is 0 Å². The number of esters is 1. The van der Waals surface area contributed by atoms with E-state index in [2.05, 4.69) is 15.2 Å². The van der Waals surface area contributed by atoms with Crippen LogP contribution in [0, 0.1) is 6.92 Å². The van der Waals surface area contributed by atoms with Gasteiger partial charge in [0.05, 0.1) is 18.5 Å². The van der Waals surface area contributed by atoms with Gasteiger partial charge >= 0.3 is 5.97 Å². The molecule has 6 nitrogen and oxygen atoms in total. The third-order valence-electron chi connectivity index (χ3n) is 2.10. The number of alkyl halides is 1. The van der Waals surface area contributed by atoms with Crippen molar-refractivity contribution in [3.05, 3.63) is 11.4 Å². The highest BCUT2D eigenvalue weighted by Crippen LogP contribution is 2.20. The second-order valence-electron chi connectivity index (χ2n) is 3.11. The first kappa shape index (κ1) is 12.5. The second kappa shape index (κ2) is 4.98. The molecule has 7 heteroatoms. The van der Waals surface area contributed by atoms with Crippen LogP contribution >= 0.6 is 11.6 Å². The maximum Gasteiger partial charge on any atom is 0.360 e. The molecule has 1 heterocycles. The molecule has 0 saturated carbocycles. The van der Waals surface area contributed by atoms with Crippen molar-refractivity contribution in [3.8, 4) is 0 Å². The molecule has 1 aromatic heterocycles. The summed E-state index contributed by atoms with van der Waals surface area (Å²) in [5, 5.41) is 6.46. The normalized spacial score (nSPS) is 10.0. The van der Waals surface area contributed by atoms with E-state index in [0.29, 0.717) is 11.4 Å². The molecule has 0 atom stereocenters. The molecule has 16 heavy (non-hydrogen) atoms. The van der Waals surface area contributed by atoms with E-state index in [0.717, 1.165) is 0 Å². The van der Waals surface area contributed by atoms with Crippen LogP contribution in [-0.2, 0) is 16.6 Å². The lowest BCUT2D eigenvalue weighted by Crippen LogP contribution is -2.16. The number of carbonyl (C=O) groups excluding carboxylic acids is 2. The Labute approximate surface area is 97.5 Å². The molecular weight excluding hydrogens is 234 g/mol. The Morgan fingerprint density at radius 3 is 2.69 bits per heavy atom. The molecule has 0 aliphatic heterocycles. The largest absolute Gasteiger partial charge is 0.464 e. The van der Waals surface area contributed by atoms with Gasteiger partial charge in [-0.15, -0.1) is 11.6 Å². The summed E-state index contributed by atoms with van der Waals surface area (Å²) in [5.41, 5.74) is 1.06. The number of rotatable bonds is 3. The molecule has 88 valence electrons. The summed E-state index contributed by atoms with van der Waals surface area (Å²) in [6, 6.07) is 0. The number of carbonyl (C=O) groups is 2. The number of aryl methyl sites for hydroxylation is 1. The van der Waals surface area contributed by atoms with Gasteiger partial charge in [0.25, 0.3) is 0 Å². The summed E-state index contributed by atoms with van der Waals surface area (Å²) >= 11 is 5.37. The van der Waals surface area contributed by atoms with Crippen LogP contribution < -0.4 is 5.32 Å². The van der Waals surface area contributed by atoms with Crippen molar-refractivity contribution in [1.82, 2.24) is 9.78 Å². The molecule has 0 spiro atoms. The monoisotopic (exact) mass is 245 g/mol.